The van der Waals surface area contributed by atoms with Gasteiger partial charge in [-0.1, -0.05) is 45.7 Å². The Morgan fingerprint density at radius 2 is 1.69 bits per heavy atom. The molecule has 0 N–H and O–H groups in total. The highest BCUT2D eigenvalue weighted by atomic mass is 79.9. The summed E-state index contributed by atoms with van der Waals surface area (Å²) in [7, 11) is 0. The highest BCUT2D eigenvalue weighted by molar-refractivity contribution is 9.10. The summed E-state index contributed by atoms with van der Waals surface area (Å²) in [6, 6.07) is 15.4. The molecule has 1 nitrogen and oxygen atoms in total. The molecule has 0 atom stereocenters. The van der Waals surface area contributed by atoms with Crippen LogP contribution in [-0.4, -0.2) is 6.21 Å². The van der Waals surface area contributed by atoms with E-state index < -0.39 is 0 Å². The number of hydrogen-bond acceptors (Lipinski definition) is 1. The first-order valence-electron chi connectivity index (χ1n) is 4.80. The lowest BCUT2D eigenvalue weighted by molar-refractivity contribution is 1.51. The van der Waals surface area contributed by atoms with E-state index in [1.165, 1.54) is 0 Å². The highest BCUT2D eigenvalue weighted by Gasteiger charge is 1.94. The number of benzene rings is 2. The molecule has 0 aliphatic heterocycles. The molecule has 0 aromatic heterocycles. The Morgan fingerprint density at radius 1 is 1.00 bits per heavy atom. The van der Waals surface area contributed by atoms with Crippen LogP contribution in [0.15, 0.2) is 58.0 Å². The highest BCUT2D eigenvalue weighted by Crippen LogP contribution is 2.18. The molecule has 0 spiro atoms. The van der Waals surface area contributed by atoms with Crippen molar-refractivity contribution in [2.75, 3.05) is 0 Å². The van der Waals surface area contributed by atoms with E-state index in [0.29, 0.717) is 5.02 Å². The molecule has 80 valence electrons. The van der Waals surface area contributed by atoms with Crippen molar-refractivity contribution in [3.05, 3.63) is 63.6 Å². The fourth-order valence-electron chi connectivity index (χ4n) is 1.25. The number of rotatable bonds is 2. The van der Waals surface area contributed by atoms with Gasteiger partial charge in [-0.25, -0.2) is 0 Å². The molecule has 0 aliphatic carbocycles. The zero-order valence-corrected chi connectivity index (χ0v) is 10.7. The Bertz CT molecular complexity index is 506. The van der Waals surface area contributed by atoms with Crippen molar-refractivity contribution in [1.82, 2.24) is 0 Å². The van der Waals surface area contributed by atoms with Gasteiger partial charge in [-0.3, -0.25) is 4.99 Å². The fraction of sp³-hybridized carbons (Fsp3) is 0. The smallest absolute Gasteiger partial charge is 0.0630 e. The van der Waals surface area contributed by atoms with E-state index in [-0.39, 0.29) is 0 Å². The second-order valence-corrected chi connectivity index (χ2v) is 4.58. The lowest BCUT2D eigenvalue weighted by Gasteiger charge is -1.96. The third kappa shape index (κ3) is 2.94. The average molecular weight is 295 g/mol. The zero-order chi connectivity index (χ0) is 11.4. The molecule has 0 fully saturated rings. The van der Waals surface area contributed by atoms with Crippen LogP contribution in [-0.2, 0) is 0 Å². The molecule has 0 heterocycles. The number of hydrogen-bond donors (Lipinski definition) is 0. The molecule has 3 heteroatoms. The molecule has 0 saturated heterocycles. The van der Waals surface area contributed by atoms with Crippen LogP contribution in [0.2, 0.25) is 5.02 Å². The van der Waals surface area contributed by atoms with Crippen LogP contribution < -0.4 is 0 Å². The molecule has 0 saturated carbocycles. The van der Waals surface area contributed by atoms with E-state index in [2.05, 4.69) is 20.9 Å². The van der Waals surface area contributed by atoms with Crippen molar-refractivity contribution in [2.45, 2.75) is 0 Å². The fourth-order valence-corrected chi connectivity index (χ4v) is 1.70. The first-order chi connectivity index (χ1) is 7.75. The normalized spacial score (nSPS) is 10.9. The van der Waals surface area contributed by atoms with Crippen LogP contribution in [0.4, 0.5) is 5.69 Å². The van der Waals surface area contributed by atoms with Gasteiger partial charge in [0.1, 0.15) is 0 Å². The van der Waals surface area contributed by atoms with Gasteiger partial charge in [0.15, 0.2) is 0 Å². The van der Waals surface area contributed by atoms with Crippen LogP contribution in [0.5, 0.6) is 0 Å². The lowest BCUT2D eigenvalue weighted by atomic mass is 10.2. The van der Waals surface area contributed by atoms with Gasteiger partial charge in [0, 0.05) is 21.3 Å². The maximum Gasteiger partial charge on any atom is 0.0630 e. The van der Waals surface area contributed by atoms with Crippen LogP contribution >= 0.6 is 27.5 Å². The standard InChI is InChI=1S/C13H9BrClN/c14-11-5-7-12(8-6-11)16-9-10-3-1-2-4-13(10)15/h1-9H/b16-9+. The molecule has 0 unspecified atom stereocenters. The topological polar surface area (TPSA) is 12.4 Å². The monoisotopic (exact) mass is 293 g/mol. The minimum atomic E-state index is 0.711. The lowest BCUT2D eigenvalue weighted by Crippen LogP contribution is -1.80. The van der Waals surface area contributed by atoms with Crippen molar-refractivity contribution in [2.24, 2.45) is 4.99 Å². The molecule has 0 aliphatic rings. The predicted molar refractivity (Wildman–Crippen MR) is 72.8 cm³/mol. The van der Waals surface area contributed by atoms with Crippen molar-refractivity contribution in [1.29, 1.82) is 0 Å². The van der Waals surface area contributed by atoms with E-state index in [1.54, 1.807) is 6.21 Å². The van der Waals surface area contributed by atoms with Crippen LogP contribution in [0.3, 0.4) is 0 Å². The van der Waals surface area contributed by atoms with Crippen LogP contribution in [0.1, 0.15) is 5.56 Å². The van der Waals surface area contributed by atoms with Gasteiger partial charge < -0.3 is 0 Å². The molecule has 0 bridgehead atoms. The van der Waals surface area contributed by atoms with E-state index in [9.17, 15) is 0 Å². The first kappa shape index (κ1) is 11.4. The van der Waals surface area contributed by atoms with Crippen molar-refractivity contribution in [3.63, 3.8) is 0 Å². The molecule has 16 heavy (non-hydrogen) atoms. The summed E-state index contributed by atoms with van der Waals surface area (Å²) in [6.07, 6.45) is 1.77. The summed E-state index contributed by atoms with van der Waals surface area (Å²) in [5.41, 5.74) is 1.83. The van der Waals surface area contributed by atoms with Gasteiger partial charge in [-0.15, -0.1) is 0 Å². The van der Waals surface area contributed by atoms with Gasteiger partial charge in [0.25, 0.3) is 0 Å². The minimum absolute atomic E-state index is 0.711. The zero-order valence-electron chi connectivity index (χ0n) is 8.40. The summed E-state index contributed by atoms with van der Waals surface area (Å²) in [5.74, 6) is 0. The van der Waals surface area contributed by atoms with Crippen molar-refractivity contribution < 1.29 is 0 Å². The van der Waals surface area contributed by atoms with E-state index in [0.717, 1.165) is 15.7 Å². The number of nitrogens with zero attached hydrogens (tertiary/aromatic N) is 1. The van der Waals surface area contributed by atoms with Gasteiger partial charge in [-0.05, 0) is 30.3 Å². The largest absolute Gasteiger partial charge is 0.256 e. The van der Waals surface area contributed by atoms with Gasteiger partial charge >= 0.3 is 0 Å². The summed E-state index contributed by atoms with van der Waals surface area (Å²) in [4.78, 5) is 4.35. The van der Waals surface area contributed by atoms with Gasteiger partial charge in [-0.2, -0.15) is 0 Å². The SMILES string of the molecule is Clc1ccccc1/C=N/c1ccc(Br)cc1. The minimum Gasteiger partial charge on any atom is -0.256 e. The molecule has 0 amide bonds. The summed E-state index contributed by atoms with van der Waals surface area (Å²) in [5, 5.41) is 0.711. The number of halogens is 2. The summed E-state index contributed by atoms with van der Waals surface area (Å²) in [6.45, 7) is 0. The molecule has 2 aromatic rings. The molecule has 2 aromatic carbocycles. The Kier molecular flexibility index (Phi) is 3.75. The van der Waals surface area contributed by atoms with Crippen molar-refractivity contribution >= 4 is 39.4 Å². The Labute approximate surface area is 108 Å². The Morgan fingerprint density at radius 3 is 2.38 bits per heavy atom. The number of aliphatic imine (C=N–C) groups is 1. The van der Waals surface area contributed by atoms with Crippen LogP contribution in [0, 0.1) is 0 Å². The molecular formula is C13H9BrClN. The summed E-state index contributed by atoms with van der Waals surface area (Å²) >= 11 is 9.40. The third-order valence-corrected chi connectivity index (χ3v) is 2.96. The predicted octanol–water partition coefficient (Wildman–Crippen LogP) is 4.85. The van der Waals surface area contributed by atoms with E-state index in [4.69, 9.17) is 11.6 Å². The Hall–Kier alpha value is -1.12. The molecule has 2 rings (SSSR count). The van der Waals surface area contributed by atoms with Gasteiger partial charge in [0.05, 0.1) is 5.69 Å². The second-order valence-electron chi connectivity index (χ2n) is 3.26. The quantitative estimate of drug-likeness (QED) is 0.702. The van der Waals surface area contributed by atoms with Crippen molar-refractivity contribution in [3.8, 4) is 0 Å². The second kappa shape index (κ2) is 5.28. The average Bonchev–Trinajstić information content (AvgIpc) is 2.30. The molecule has 0 radical (unpaired) electrons. The first-order valence-corrected chi connectivity index (χ1v) is 5.97. The van der Waals surface area contributed by atoms with Gasteiger partial charge in [0.2, 0.25) is 0 Å². The third-order valence-electron chi connectivity index (χ3n) is 2.08. The summed E-state index contributed by atoms with van der Waals surface area (Å²) < 4.78 is 1.05. The van der Waals surface area contributed by atoms with E-state index >= 15 is 0 Å². The Balaban J connectivity index is 2.21. The van der Waals surface area contributed by atoms with Crippen LogP contribution in [0.25, 0.3) is 0 Å². The maximum absolute atomic E-state index is 6.02. The van der Waals surface area contributed by atoms with E-state index in [1.807, 2.05) is 48.5 Å². The maximum atomic E-state index is 6.02. The molecular weight excluding hydrogens is 286 g/mol.